The van der Waals surface area contributed by atoms with E-state index in [4.69, 9.17) is 30.8 Å². The zero-order valence-electron chi connectivity index (χ0n) is 23.6. The number of nitrogens with zero attached hydrogens (tertiary/aromatic N) is 2. The average Bonchev–Trinajstić information content (AvgIpc) is 2.94. The van der Waals surface area contributed by atoms with Gasteiger partial charge >= 0.3 is 0 Å². The van der Waals surface area contributed by atoms with Gasteiger partial charge in [0.15, 0.2) is 11.5 Å². The minimum Gasteiger partial charge on any atom is -0.493 e. The van der Waals surface area contributed by atoms with E-state index in [9.17, 15) is 14.4 Å². The summed E-state index contributed by atoms with van der Waals surface area (Å²) >= 11 is 6.40. The molecule has 0 aliphatic heterocycles. The van der Waals surface area contributed by atoms with Crippen LogP contribution in [0.2, 0.25) is 0 Å². The lowest BCUT2D eigenvalue weighted by Crippen LogP contribution is -2.31. The number of allylic oxidation sites excluding steroid dienone is 3. The van der Waals surface area contributed by atoms with Crippen LogP contribution < -0.4 is 29.7 Å². The molecule has 2 N–H and O–H groups in total. The molecule has 0 bridgehead atoms. The van der Waals surface area contributed by atoms with E-state index in [-0.39, 0.29) is 41.1 Å². The van der Waals surface area contributed by atoms with E-state index in [1.54, 1.807) is 19.1 Å². The van der Waals surface area contributed by atoms with Crippen molar-refractivity contribution in [2.75, 3.05) is 44.6 Å². The SMILES string of the molecule is C.CCN(CC)c1ccc(N=C2C=C(NC(=O)c3ccc(OC)c(OC)c3OC)C(=O)C(Cl)=C2C)c(NC(C)=O)c1. The summed E-state index contributed by atoms with van der Waals surface area (Å²) in [7, 11) is 4.29. The summed E-state index contributed by atoms with van der Waals surface area (Å²) in [6, 6.07) is 8.59. The highest BCUT2D eigenvalue weighted by atomic mass is 35.5. The van der Waals surface area contributed by atoms with Crippen molar-refractivity contribution in [2.24, 2.45) is 4.99 Å². The second-order valence-corrected chi connectivity index (χ2v) is 9.09. The minimum absolute atomic E-state index is 0. The molecule has 11 heteroatoms. The van der Waals surface area contributed by atoms with Crippen molar-refractivity contribution in [3.05, 3.63) is 58.3 Å². The van der Waals surface area contributed by atoms with Gasteiger partial charge in [0.25, 0.3) is 5.91 Å². The molecule has 0 saturated heterocycles. The zero-order chi connectivity index (χ0) is 29.6. The van der Waals surface area contributed by atoms with E-state index in [0.29, 0.717) is 28.4 Å². The number of hydrogen-bond donors (Lipinski definition) is 2. The van der Waals surface area contributed by atoms with Gasteiger partial charge in [0, 0.05) is 25.7 Å². The second kappa shape index (κ2) is 14.4. The molecule has 3 rings (SSSR count). The molecule has 10 nitrogen and oxygen atoms in total. The fraction of sp³-hybridized carbons (Fsp3) is 0.333. The van der Waals surface area contributed by atoms with Gasteiger partial charge < -0.3 is 29.7 Å². The molecule has 41 heavy (non-hydrogen) atoms. The summed E-state index contributed by atoms with van der Waals surface area (Å²) in [4.78, 5) is 45.1. The van der Waals surface area contributed by atoms with Crippen LogP contribution in [0.5, 0.6) is 17.2 Å². The molecule has 2 aromatic rings. The average molecular weight is 585 g/mol. The van der Waals surface area contributed by atoms with Crippen molar-refractivity contribution in [1.82, 2.24) is 5.32 Å². The van der Waals surface area contributed by atoms with Gasteiger partial charge in [-0.1, -0.05) is 19.0 Å². The number of aliphatic imine (C=N–C) groups is 1. The number of hydrogen-bond acceptors (Lipinski definition) is 8. The van der Waals surface area contributed by atoms with Crippen LogP contribution in [-0.2, 0) is 9.59 Å². The standard InChI is InChI=1S/C29H33ClN4O6.CH4/c1-8-34(9-2)18-10-12-20(22(14-18)31-17(4)35)32-21-15-23(26(36)25(30)16(21)3)33-29(37)19-11-13-24(38-5)28(40-7)27(19)39-6;/h10-15H,8-9H2,1-7H3,(H,31,35)(H,33,37);1H4. The highest BCUT2D eigenvalue weighted by Gasteiger charge is 2.28. The first-order chi connectivity index (χ1) is 19.1. The molecule has 2 amide bonds. The number of methoxy groups -OCH3 is 3. The van der Waals surface area contributed by atoms with Gasteiger partial charge in [-0.05, 0) is 62.8 Å². The molecule has 0 aromatic heterocycles. The Labute approximate surface area is 246 Å². The summed E-state index contributed by atoms with van der Waals surface area (Å²) in [6.45, 7) is 8.75. The van der Waals surface area contributed by atoms with Gasteiger partial charge in [0.2, 0.25) is 17.4 Å². The fourth-order valence-corrected chi connectivity index (χ4v) is 4.42. The lowest BCUT2D eigenvalue weighted by Gasteiger charge is -2.22. The highest BCUT2D eigenvalue weighted by molar-refractivity contribution is 6.49. The Bertz CT molecular complexity index is 1430. The first-order valence-corrected chi connectivity index (χ1v) is 13.0. The first kappa shape index (κ1) is 32.9. The molecule has 0 saturated carbocycles. The predicted octanol–water partition coefficient (Wildman–Crippen LogP) is 5.64. The van der Waals surface area contributed by atoms with E-state index in [1.165, 1.54) is 40.4 Å². The maximum atomic E-state index is 13.3. The molecule has 0 atom stereocenters. The number of amides is 2. The lowest BCUT2D eigenvalue weighted by atomic mass is 10.0. The van der Waals surface area contributed by atoms with Gasteiger partial charge in [0.1, 0.15) is 0 Å². The zero-order valence-corrected chi connectivity index (χ0v) is 24.4. The van der Waals surface area contributed by atoms with Crippen LogP contribution in [0.4, 0.5) is 17.1 Å². The molecule has 220 valence electrons. The van der Waals surface area contributed by atoms with E-state index in [2.05, 4.69) is 15.5 Å². The van der Waals surface area contributed by atoms with Crippen LogP contribution in [0.25, 0.3) is 0 Å². The van der Waals surface area contributed by atoms with Crippen molar-refractivity contribution < 1.29 is 28.6 Å². The Morgan fingerprint density at radius 1 is 0.976 bits per heavy atom. The van der Waals surface area contributed by atoms with Gasteiger partial charge in [-0.3, -0.25) is 14.4 Å². The van der Waals surface area contributed by atoms with E-state index in [1.807, 2.05) is 26.0 Å². The molecule has 0 fully saturated rings. The molecule has 0 unspecified atom stereocenters. The van der Waals surface area contributed by atoms with Crippen LogP contribution in [0.3, 0.4) is 0 Å². The number of rotatable bonds is 10. The van der Waals surface area contributed by atoms with Crippen LogP contribution >= 0.6 is 11.6 Å². The van der Waals surface area contributed by atoms with Crippen LogP contribution in [0.1, 0.15) is 45.5 Å². The number of benzene rings is 2. The third kappa shape index (κ3) is 7.07. The minimum atomic E-state index is -0.622. The lowest BCUT2D eigenvalue weighted by molar-refractivity contribution is -0.114. The monoisotopic (exact) mass is 584 g/mol. The topological polar surface area (TPSA) is 119 Å². The number of ketones is 1. The maximum absolute atomic E-state index is 13.3. The number of carbonyl (C=O) groups is 3. The van der Waals surface area contributed by atoms with Crippen molar-refractivity contribution in [1.29, 1.82) is 0 Å². The molecule has 1 aliphatic carbocycles. The fourth-order valence-electron chi connectivity index (χ4n) is 4.22. The van der Waals surface area contributed by atoms with Crippen molar-refractivity contribution in [2.45, 2.75) is 35.1 Å². The number of halogens is 1. The highest BCUT2D eigenvalue weighted by Crippen LogP contribution is 2.40. The summed E-state index contributed by atoms with van der Waals surface area (Å²) in [6.07, 6.45) is 1.45. The quantitative estimate of drug-likeness (QED) is 0.347. The molecule has 0 heterocycles. The normalized spacial score (nSPS) is 13.7. The van der Waals surface area contributed by atoms with Crippen LogP contribution in [-0.4, -0.2) is 57.7 Å². The molecular formula is C30H37ClN4O6. The summed E-state index contributed by atoms with van der Waals surface area (Å²) < 4.78 is 16.0. The molecule has 0 radical (unpaired) electrons. The number of ether oxygens (including phenoxy) is 3. The molecule has 0 spiro atoms. The Kier molecular flexibility index (Phi) is 11.5. The van der Waals surface area contributed by atoms with Gasteiger partial charge in [0.05, 0.1) is 54.7 Å². The van der Waals surface area contributed by atoms with E-state index >= 15 is 0 Å². The molecular weight excluding hydrogens is 548 g/mol. The summed E-state index contributed by atoms with van der Waals surface area (Å²) in [5, 5.41) is 5.36. The first-order valence-electron chi connectivity index (χ1n) is 12.6. The predicted molar refractivity (Wildman–Crippen MR) is 163 cm³/mol. The molecule has 1 aliphatic rings. The second-order valence-electron chi connectivity index (χ2n) is 8.71. The Balaban J connectivity index is 0.00000588. The van der Waals surface area contributed by atoms with E-state index in [0.717, 1.165) is 18.8 Å². The number of Topliss-reactive ketones (excluding diaryl/α,β-unsaturated/α-hetero) is 1. The summed E-state index contributed by atoms with van der Waals surface area (Å²) in [5.74, 6) is -0.691. The van der Waals surface area contributed by atoms with Gasteiger partial charge in [-0.25, -0.2) is 4.99 Å². The van der Waals surface area contributed by atoms with Crippen LogP contribution in [0.15, 0.2) is 57.7 Å². The third-order valence-electron chi connectivity index (χ3n) is 6.30. The summed E-state index contributed by atoms with van der Waals surface area (Å²) in [5.41, 5.74) is 2.71. The smallest absolute Gasteiger partial charge is 0.259 e. The molecule has 2 aromatic carbocycles. The van der Waals surface area contributed by atoms with Gasteiger partial charge in [-0.2, -0.15) is 0 Å². The van der Waals surface area contributed by atoms with Crippen molar-refractivity contribution in [3.63, 3.8) is 0 Å². The largest absolute Gasteiger partial charge is 0.493 e. The van der Waals surface area contributed by atoms with Crippen LogP contribution in [0, 0.1) is 0 Å². The number of nitrogens with one attached hydrogen (secondary N) is 2. The Morgan fingerprint density at radius 2 is 1.63 bits per heavy atom. The van der Waals surface area contributed by atoms with Crippen molar-refractivity contribution in [3.8, 4) is 17.2 Å². The number of anilines is 2. The Hall–Kier alpha value is -4.31. The van der Waals surface area contributed by atoms with Crippen molar-refractivity contribution >= 4 is 52.0 Å². The maximum Gasteiger partial charge on any atom is 0.259 e. The third-order valence-corrected chi connectivity index (χ3v) is 6.75. The Morgan fingerprint density at radius 3 is 2.20 bits per heavy atom. The van der Waals surface area contributed by atoms with E-state index < -0.39 is 11.7 Å². The number of carbonyl (C=O) groups excluding carboxylic acids is 3. The van der Waals surface area contributed by atoms with Gasteiger partial charge in [-0.15, -0.1) is 0 Å².